The monoisotopic (exact) mass is 391 g/mol. The van der Waals surface area contributed by atoms with E-state index in [-0.39, 0.29) is 49.3 Å². The number of halogens is 2. The zero-order valence-corrected chi connectivity index (χ0v) is 15.3. The first-order valence-electron chi connectivity index (χ1n) is 8.89. The van der Waals surface area contributed by atoms with Crippen LogP contribution in [0.5, 0.6) is 0 Å². The summed E-state index contributed by atoms with van der Waals surface area (Å²) in [4.78, 5) is 23.5. The first-order chi connectivity index (χ1) is 13.5. The number of aliphatic hydroxyl groups excluding tert-OH is 1. The van der Waals surface area contributed by atoms with Gasteiger partial charge < -0.3 is 15.7 Å². The number of carbonyl (C=O) groups is 2. The van der Waals surface area contributed by atoms with Crippen LogP contribution in [0, 0.1) is 11.6 Å². The van der Waals surface area contributed by atoms with Crippen molar-refractivity contribution >= 4 is 11.8 Å². The molecule has 2 aromatic rings. The normalized spacial score (nSPS) is 11.7. The molecule has 2 aromatic carbocycles. The van der Waals surface area contributed by atoms with Crippen molar-refractivity contribution < 1.29 is 23.5 Å². The number of carbonyl (C=O) groups excluding carboxylic acids is 2. The molecule has 4 N–H and O–H groups in total. The van der Waals surface area contributed by atoms with Crippen molar-refractivity contribution in [2.75, 3.05) is 19.6 Å². The Hall–Kier alpha value is -2.84. The molecule has 0 fully saturated rings. The van der Waals surface area contributed by atoms with Crippen LogP contribution in [-0.2, 0) is 16.0 Å². The van der Waals surface area contributed by atoms with E-state index in [1.54, 1.807) is 18.2 Å². The molecule has 2 amide bonds. The zero-order valence-electron chi connectivity index (χ0n) is 15.3. The van der Waals surface area contributed by atoms with Crippen LogP contribution in [0.15, 0.2) is 48.5 Å². The second-order valence-corrected chi connectivity index (χ2v) is 6.13. The highest BCUT2D eigenvalue weighted by molar-refractivity contribution is 5.84. The Morgan fingerprint density at radius 3 is 2.36 bits per heavy atom. The molecule has 1 unspecified atom stereocenters. The van der Waals surface area contributed by atoms with Gasteiger partial charge >= 0.3 is 0 Å². The molecule has 1 atom stereocenters. The summed E-state index contributed by atoms with van der Waals surface area (Å²) in [6.07, 6.45) is -0.537. The number of hydrogen-bond donors (Lipinski definition) is 4. The number of hydrogen-bond acceptors (Lipinski definition) is 4. The fraction of sp³-hybridized carbons (Fsp3) is 0.300. The Balaban J connectivity index is 1.57. The summed E-state index contributed by atoms with van der Waals surface area (Å²) in [5.41, 5.74) is 0.961. The fourth-order valence-electron chi connectivity index (χ4n) is 2.46. The molecule has 0 spiro atoms. The Labute approximate surface area is 162 Å². The van der Waals surface area contributed by atoms with E-state index >= 15 is 0 Å². The maximum Gasteiger partial charge on any atom is 0.239 e. The quantitative estimate of drug-likeness (QED) is 0.364. The first kappa shape index (κ1) is 21.5. The van der Waals surface area contributed by atoms with E-state index in [0.717, 1.165) is 5.56 Å². The molecule has 0 radical (unpaired) electrons. The van der Waals surface area contributed by atoms with Gasteiger partial charge in [-0.1, -0.05) is 30.3 Å². The average molecular weight is 391 g/mol. The molecule has 8 heteroatoms. The molecule has 28 heavy (non-hydrogen) atoms. The fourth-order valence-corrected chi connectivity index (χ4v) is 2.46. The molecule has 0 bridgehead atoms. The van der Waals surface area contributed by atoms with E-state index in [1.165, 1.54) is 30.3 Å². The van der Waals surface area contributed by atoms with Gasteiger partial charge in [-0.25, -0.2) is 8.78 Å². The molecule has 0 saturated carbocycles. The van der Waals surface area contributed by atoms with Crippen molar-refractivity contribution in [3.63, 3.8) is 0 Å². The third-order valence-electron chi connectivity index (χ3n) is 3.98. The summed E-state index contributed by atoms with van der Waals surface area (Å²) >= 11 is 0. The summed E-state index contributed by atoms with van der Waals surface area (Å²) < 4.78 is 26.3. The molecule has 0 aliphatic carbocycles. The summed E-state index contributed by atoms with van der Waals surface area (Å²) in [6.45, 7) is 0.258. The van der Waals surface area contributed by atoms with E-state index in [0.29, 0.717) is 6.42 Å². The largest absolute Gasteiger partial charge is 0.374 e. The van der Waals surface area contributed by atoms with Crippen LogP contribution in [0.1, 0.15) is 23.8 Å². The van der Waals surface area contributed by atoms with Gasteiger partial charge in [0.05, 0.1) is 6.54 Å². The second-order valence-electron chi connectivity index (χ2n) is 6.13. The molecule has 150 valence electrons. The summed E-state index contributed by atoms with van der Waals surface area (Å²) in [7, 11) is 0. The molecule has 0 heterocycles. The van der Waals surface area contributed by atoms with E-state index in [1.807, 2.05) is 0 Å². The lowest BCUT2D eigenvalue weighted by molar-refractivity contribution is -0.126. The Bertz CT molecular complexity index is 785. The first-order valence-corrected chi connectivity index (χ1v) is 8.89. The van der Waals surface area contributed by atoms with Crippen molar-refractivity contribution in [3.05, 3.63) is 71.3 Å². The minimum atomic E-state index is -1.18. The molecule has 2 rings (SSSR count). The standard InChI is InChI=1S/C20H23F2N3O3/c21-15-8-5-14(6-9-15)7-10-18(26)25-13-19(27)23-11-12-24-20(28)16-3-1-2-4-17(16)22/h1-6,8-9,20,24,28H,7,10-13H2,(H,23,27)(H,25,26). The zero-order chi connectivity index (χ0) is 20.4. The number of benzene rings is 2. The van der Waals surface area contributed by atoms with Crippen LogP contribution in [-0.4, -0.2) is 36.6 Å². The van der Waals surface area contributed by atoms with E-state index in [2.05, 4.69) is 16.0 Å². The topological polar surface area (TPSA) is 90.5 Å². The SMILES string of the molecule is O=C(CCc1ccc(F)cc1)NCC(=O)NCCNC(O)c1ccccc1F. The maximum absolute atomic E-state index is 13.5. The number of rotatable bonds is 10. The third kappa shape index (κ3) is 7.42. The summed E-state index contributed by atoms with van der Waals surface area (Å²) in [5.74, 6) is -1.51. The van der Waals surface area contributed by atoms with Gasteiger partial charge in [0.25, 0.3) is 0 Å². The van der Waals surface area contributed by atoms with Crippen LogP contribution in [0.3, 0.4) is 0 Å². The van der Waals surface area contributed by atoms with Crippen LogP contribution in [0.2, 0.25) is 0 Å². The molecule has 0 aliphatic rings. The van der Waals surface area contributed by atoms with Gasteiger partial charge in [-0.2, -0.15) is 0 Å². The number of amides is 2. The van der Waals surface area contributed by atoms with E-state index in [4.69, 9.17) is 0 Å². The average Bonchev–Trinajstić information content (AvgIpc) is 2.69. The van der Waals surface area contributed by atoms with Crippen LogP contribution in [0.25, 0.3) is 0 Å². The predicted molar refractivity (Wildman–Crippen MR) is 100 cm³/mol. The molecular formula is C20H23F2N3O3. The van der Waals surface area contributed by atoms with Gasteiger partial charge in [-0.15, -0.1) is 0 Å². The Morgan fingerprint density at radius 2 is 1.64 bits per heavy atom. The highest BCUT2D eigenvalue weighted by atomic mass is 19.1. The van der Waals surface area contributed by atoms with Gasteiger partial charge in [0.1, 0.15) is 17.9 Å². The van der Waals surface area contributed by atoms with Crippen LogP contribution in [0.4, 0.5) is 8.78 Å². The van der Waals surface area contributed by atoms with Crippen molar-refractivity contribution in [1.82, 2.24) is 16.0 Å². The molecule has 0 aliphatic heterocycles. The third-order valence-corrected chi connectivity index (χ3v) is 3.98. The number of nitrogens with one attached hydrogen (secondary N) is 3. The Kier molecular flexibility index (Phi) is 8.51. The van der Waals surface area contributed by atoms with Gasteiger partial charge in [0, 0.05) is 25.1 Å². The van der Waals surface area contributed by atoms with Gasteiger partial charge in [0.15, 0.2) is 0 Å². The van der Waals surface area contributed by atoms with E-state index in [9.17, 15) is 23.5 Å². The molecular weight excluding hydrogens is 368 g/mol. The van der Waals surface area contributed by atoms with Crippen molar-refractivity contribution in [1.29, 1.82) is 0 Å². The summed E-state index contributed by atoms with van der Waals surface area (Å²) in [5, 5.41) is 17.6. The van der Waals surface area contributed by atoms with Crippen LogP contribution < -0.4 is 16.0 Å². The van der Waals surface area contributed by atoms with Gasteiger partial charge in [-0.05, 0) is 30.2 Å². The van der Waals surface area contributed by atoms with E-state index < -0.39 is 12.0 Å². The summed E-state index contributed by atoms with van der Waals surface area (Å²) in [6, 6.07) is 11.7. The highest BCUT2D eigenvalue weighted by Gasteiger charge is 2.11. The Morgan fingerprint density at radius 1 is 0.929 bits per heavy atom. The highest BCUT2D eigenvalue weighted by Crippen LogP contribution is 2.13. The lowest BCUT2D eigenvalue weighted by Crippen LogP contribution is -2.40. The second kappa shape index (κ2) is 11.1. The minimum absolute atomic E-state index is 0.127. The maximum atomic E-state index is 13.5. The molecule has 6 nitrogen and oxygen atoms in total. The van der Waals surface area contributed by atoms with Crippen molar-refractivity contribution in [2.45, 2.75) is 19.1 Å². The van der Waals surface area contributed by atoms with Gasteiger partial charge in [-0.3, -0.25) is 14.9 Å². The minimum Gasteiger partial charge on any atom is -0.374 e. The predicted octanol–water partition coefficient (Wildman–Crippen LogP) is 1.41. The van der Waals surface area contributed by atoms with Crippen molar-refractivity contribution in [3.8, 4) is 0 Å². The molecule has 0 saturated heterocycles. The van der Waals surface area contributed by atoms with Crippen molar-refractivity contribution in [2.24, 2.45) is 0 Å². The van der Waals surface area contributed by atoms with Crippen LogP contribution >= 0.6 is 0 Å². The lowest BCUT2D eigenvalue weighted by Gasteiger charge is -2.14. The smallest absolute Gasteiger partial charge is 0.239 e. The lowest BCUT2D eigenvalue weighted by atomic mass is 10.1. The number of aryl methyl sites for hydroxylation is 1. The molecule has 0 aromatic heterocycles. The van der Waals surface area contributed by atoms with Gasteiger partial charge in [0.2, 0.25) is 11.8 Å². The number of aliphatic hydroxyl groups is 1.